The van der Waals surface area contributed by atoms with E-state index in [1.54, 1.807) is 6.07 Å². The summed E-state index contributed by atoms with van der Waals surface area (Å²) in [6.07, 6.45) is 3.55. The van der Waals surface area contributed by atoms with E-state index >= 15 is 0 Å². The first kappa shape index (κ1) is 16.3. The van der Waals surface area contributed by atoms with E-state index in [9.17, 15) is 4.39 Å². The Morgan fingerprint density at radius 1 is 1.33 bits per heavy atom. The Labute approximate surface area is 128 Å². The molecule has 1 aromatic carbocycles. The van der Waals surface area contributed by atoms with Crippen molar-refractivity contribution in [2.75, 3.05) is 24.5 Å². The summed E-state index contributed by atoms with van der Waals surface area (Å²) in [6, 6.07) is 3.95. The molecule has 1 N–H and O–H groups in total. The lowest BCUT2D eigenvalue weighted by Gasteiger charge is -2.35. The maximum absolute atomic E-state index is 14.0. The standard InChI is InChI=1S/C18H29FN2/c1-5-8-20-15(4)16-12-17(19)14(3)11-18(16)21-9-6-13(2)7-10-21/h11-13,15,20H,5-10H2,1-4H3. The summed E-state index contributed by atoms with van der Waals surface area (Å²) in [5, 5.41) is 3.49. The Kier molecular flexibility index (Phi) is 5.63. The third-order valence-electron chi connectivity index (χ3n) is 4.60. The van der Waals surface area contributed by atoms with Crippen LogP contribution in [0.25, 0.3) is 0 Å². The van der Waals surface area contributed by atoms with Crippen molar-refractivity contribution in [3.05, 3.63) is 29.1 Å². The minimum absolute atomic E-state index is 0.0933. The molecule has 0 radical (unpaired) electrons. The molecule has 21 heavy (non-hydrogen) atoms. The molecular formula is C18H29FN2. The van der Waals surface area contributed by atoms with Crippen molar-refractivity contribution in [2.45, 2.75) is 53.0 Å². The summed E-state index contributed by atoms with van der Waals surface area (Å²) >= 11 is 0. The molecule has 0 aromatic heterocycles. The molecule has 2 rings (SSSR count). The number of nitrogens with zero attached hydrogens (tertiary/aromatic N) is 1. The first-order valence-electron chi connectivity index (χ1n) is 8.31. The number of piperidine rings is 1. The van der Waals surface area contributed by atoms with Crippen molar-refractivity contribution >= 4 is 5.69 Å². The van der Waals surface area contributed by atoms with Gasteiger partial charge in [0.05, 0.1) is 0 Å². The van der Waals surface area contributed by atoms with E-state index < -0.39 is 0 Å². The van der Waals surface area contributed by atoms with Crippen LogP contribution in [-0.2, 0) is 0 Å². The Hall–Kier alpha value is -1.09. The lowest BCUT2D eigenvalue weighted by molar-refractivity contribution is 0.436. The first-order chi connectivity index (χ1) is 10.0. The molecule has 3 heteroatoms. The van der Waals surface area contributed by atoms with E-state index in [1.165, 1.54) is 18.5 Å². The summed E-state index contributed by atoms with van der Waals surface area (Å²) in [7, 11) is 0. The fourth-order valence-electron chi connectivity index (χ4n) is 3.02. The SMILES string of the molecule is CCCNC(C)c1cc(F)c(C)cc1N1CCC(C)CC1. The summed E-state index contributed by atoms with van der Waals surface area (Å²) in [4.78, 5) is 2.44. The smallest absolute Gasteiger partial charge is 0.126 e. The number of aryl methyl sites for hydroxylation is 1. The van der Waals surface area contributed by atoms with Gasteiger partial charge in [0.25, 0.3) is 0 Å². The second kappa shape index (κ2) is 7.26. The molecule has 0 saturated carbocycles. The minimum atomic E-state index is -0.0933. The predicted octanol–water partition coefficient (Wildman–Crippen LogP) is 4.43. The quantitative estimate of drug-likeness (QED) is 0.863. The van der Waals surface area contributed by atoms with E-state index in [0.717, 1.165) is 43.1 Å². The van der Waals surface area contributed by atoms with E-state index in [-0.39, 0.29) is 11.9 Å². The maximum Gasteiger partial charge on any atom is 0.126 e. The number of hydrogen-bond acceptors (Lipinski definition) is 2. The molecule has 1 aromatic rings. The molecule has 0 bridgehead atoms. The van der Waals surface area contributed by atoms with Crippen LogP contribution in [0.15, 0.2) is 12.1 Å². The highest BCUT2D eigenvalue weighted by Crippen LogP contribution is 2.32. The molecule has 1 saturated heterocycles. The van der Waals surface area contributed by atoms with Crippen LogP contribution in [0.3, 0.4) is 0 Å². The number of rotatable bonds is 5. The van der Waals surface area contributed by atoms with E-state index in [0.29, 0.717) is 0 Å². The molecule has 0 spiro atoms. The first-order valence-corrected chi connectivity index (χ1v) is 8.31. The summed E-state index contributed by atoms with van der Waals surface area (Å²) < 4.78 is 14.0. The molecule has 2 nitrogen and oxygen atoms in total. The average molecular weight is 292 g/mol. The van der Waals surface area contributed by atoms with Crippen LogP contribution in [0, 0.1) is 18.7 Å². The third kappa shape index (κ3) is 3.97. The molecule has 1 fully saturated rings. The zero-order chi connectivity index (χ0) is 15.4. The van der Waals surface area contributed by atoms with Crippen LogP contribution in [0.2, 0.25) is 0 Å². The van der Waals surface area contributed by atoms with Crippen molar-refractivity contribution in [1.29, 1.82) is 0 Å². The van der Waals surface area contributed by atoms with E-state index in [1.807, 2.05) is 13.0 Å². The zero-order valence-corrected chi connectivity index (χ0v) is 13.9. The second-order valence-electron chi connectivity index (χ2n) is 6.51. The van der Waals surface area contributed by atoms with Crippen molar-refractivity contribution in [1.82, 2.24) is 5.32 Å². The molecule has 1 atom stereocenters. The van der Waals surface area contributed by atoms with Gasteiger partial charge in [0, 0.05) is 24.8 Å². The fraction of sp³-hybridized carbons (Fsp3) is 0.667. The summed E-state index contributed by atoms with van der Waals surface area (Å²) in [6.45, 7) is 11.6. The van der Waals surface area contributed by atoms with Crippen LogP contribution >= 0.6 is 0 Å². The zero-order valence-electron chi connectivity index (χ0n) is 13.9. The van der Waals surface area contributed by atoms with Gasteiger partial charge in [-0.25, -0.2) is 4.39 Å². The van der Waals surface area contributed by atoms with Crippen LogP contribution in [0.1, 0.15) is 57.2 Å². The predicted molar refractivity (Wildman–Crippen MR) is 88.5 cm³/mol. The molecule has 1 aliphatic rings. The normalized spacial score (nSPS) is 18.0. The van der Waals surface area contributed by atoms with Gasteiger partial charge in [-0.2, -0.15) is 0 Å². The summed E-state index contributed by atoms with van der Waals surface area (Å²) in [5.41, 5.74) is 3.06. The van der Waals surface area contributed by atoms with Gasteiger partial charge in [0.2, 0.25) is 0 Å². The number of benzene rings is 1. The van der Waals surface area contributed by atoms with Crippen LogP contribution in [-0.4, -0.2) is 19.6 Å². The Morgan fingerprint density at radius 3 is 2.62 bits per heavy atom. The van der Waals surface area contributed by atoms with Crippen LogP contribution in [0.4, 0.5) is 10.1 Å². The Balaban J connectivity index is 2.27. The van der Waals surface area contributed by atoms with Gasteiger partial charge in [-0.3, -0.25) is 0 Å². The highest BCUT2D eigenvalue weighted by Gasteiger charge is 2.21. The number of nitrogens with one attached hydrogen (secondary N) is 1. The lowest BCUT2D eigenvalue weighted by atomic mass is 9.96. The Morgan fingerprint density at radius 2 is 2.00 bits per heavy atom. The average Bonchev–Trinajstić information content (AvgIpc) is 2.48. The largest absolute Gasteiger partial charge is 0.371 e. The fourth-order valence-corrected chi connectivity index (χ4v) is 3.02. The number of hydrogen-bond donors (Lipinski definition) is 1. The van der Waals surface area contributed by atoms with Crippen molar-refractivity contribution < 1.29 is 4.39 Å². The van der Waals surface area contributed by atoms with Crippen molar-refractivity contribution in [3.8, 4) is 0 Å². The second-order valence-corrected chi connectivity index (χ2v) is 6.51. The molecule has 1 unspecified atom stereocenters. The maximum atomic E-state index is 14.0. The Bertz CT molecular complexity index is 465. The van der Waals surface area contributed by atoms with Gasteiger partial charge in [-0.05, 0) is 68.8 Å². The molecular weight excluding hydrogens is 263 g/mol. The van der Waals surface area contributed by atoms with Gasteiger partial charge in [-0.1, -0.05) is 13.8 Å². The van der Waals surface area contributed by atoms with Crippen LogP contribution in [0.5, 0.6) is 0 Å². The monoisotopic (exact) mass is 292 g/mol. The molecule has 1 heterocycles. The van der Waals surface area contributed by atoms with Gasteiger partial charge >= 0.3 is 0 Å². The van der Waals surface area contributed by atoms with Gasteiger partial charge in [-0.15, -0.1) is 0 Å². The van der Waals surface area contributed by atoms with Crippen molar-refractivity contribution in [2.24, 2.45) is 5.92 Å². The highest BCUT2D eigenvalue weighted by atomic mass is 19.1. The van der Waals surface area contributed by atoms with Gasteiger partial charge in [0.15, 0.2) is 0 Å². The highest BCUT2D eigenvalue weighted by molar-refractivity contribution is 5.57. The van der Waals surface area contributed by atoms with E-state index in [2.05, 4.69) is 31.0 Å². The van der Waals surface area contributed by atoms with Crippen LogP contribution < -0.4 is 10.2 Å². The molecule has 0 amide bonds. The van der Waals surface area contributed by atoms with Gasteiger partial charge in [0.1, 0.15) is 5.82 Å². The third-order valence-corrected chi connectivity index (χ3v) is 4.60. The van der Waals surface area contributed by atoms with Gasteiger partial charge < -0.3 is 10.2 Å². The lowest BCUT2D eigenvalue weighted by Crippen LogP contribution is -2.34. The topological polar surface area (TPSA) is 15.3 Å². The minimum Gasteiger partial charge on any atom is -0.371 e. The van der Waals surface area contributed by atoms with Crippen molar-refractivity contribution in [3.63, 3.8) is 0 Å². The molecule has 0 aliphatic carbocycles. The molecule has 118 valence electrons. The number of anilines is 1. The number of halogens is 1. The molecule has 1 aliphatic heterocycles. The summed E-state index contributed by atoms with van der Waals surface area (Å²) in [5.74, 6) is 0.714. The van der Waals surface area contributed by atoms with E-state index in [4.69, 9.17) is 0 Å².